The molecule has 0 saturated carbocycles. The van der Waals surface area contributed by atoms with Crippen LogP contribution in [0.15, 0.2) is 16.8 Å². The average molecular weight is 450 g/mol. The number of likely N-dealkylation sites (tertiary alicyclic amines) is 1. The highest BCUT2D eigenvalue weighted by atomic mass is 16.5. The first kappa shape index (κ1) is 23.7. The van der Waals surface area contributed by atoms with Gasteiger partial charge >= 0.3 is 5.97 Å². The second kappa shape index (κ2) is 11.6. The van der Waals surface area contributed by atoms with Gasteiger partial charge in [-0.15, -0.1) is 0 Å². The summed E-state index contributed by atoms with van der Waals surface area (Å²) >= 11 is 0. The fraction of sp³-hybridized carbons (Fsp3) is 0.667. The van der Waals surface area contributed by atoms with Crippen molar-refractivity contribution in [3.63, 3.8) is 0 Å². The Labute approximate surface area is 186 Å². The van der Waals surface area contributed by atoms with E-state index in [1.165, 1.54) is 12.3 Å². The molecule has 11 nitrogen and oxygen atoms in total. The highest BCUT2D eigenvalue weighted by Gasteiger charge is 2.30. The standard InChI is InChI=1S/C21H31N5O6/c27-18(4-3-14-5-8-22-9-6-14)26-11-1-2-15(13-26)19(28)23-12-16(21(30)31)25-20(29)17-7-10-24-32-17/h7,10,14-16,22H,1-6,8-9,11-13H2,(H,23,28)(H,25,29)(H,30,31)/t15-,16+/m1/s1. The molecule has 1 aromatic rings. The number of carboxylic acid groups (broad SMARTS) is 1. The average Bonchev–Trinajstić information content (AvgIpc) is 3.35. The van der Waals surface area contributed by atoms with Crippen molar-refractivity contribution in [2.75, 3.05) is 32.7 Å². The second-order valence-corrected chi connectivity index (χ2v) is 8.40. The van der Waals surface area contributed by atoms with Crippen LogP contribution in [0.5, 0.6) is 0 Å². The highest BCUT2D eigenvalue weighted by Crippen LogP contribution is 2.21. The van der Waals surface area contributed by atoms with Crippen LogP contribution in [0.4, 0.5) is 0 Å². The Morgan fingerprint density at radius 3 is 2.72 bits per heavy atom. The van der Waals surface area contributed by atoms with Crippen molar-refractivity contribution in [3.8, 4) is 0 Å². The zero-order valence-electron chi connectivity index (χ0n) is 18.0. The first-order valence-corrected chi connectivity index (χ1v) is 11.1. The van der Waals surface area contributed by atoms with E-state index in [1.54, 1.807) is 4.90 Å². The summed E-state index contributed by atoms with van der Waals surface area (Å²) in [7, 11) is 0. The summed E-state index contributed by atoms with van der Waals surface area (Å²) in [5.41, 5.74) is 0. The number of carbonyl (C=O) groups excluding carboxylic acids is 3. The molecule has 0 bridgehead atoms. The molecule has 2 fully saturated rings. The van der Waals surface area contributed by atoms with E-state index in [-0.39, 0.29) is 24.1 Å². The van der Waals surface area contributed by atoms with Gasteiger partial charge in [0, 0.05) is 32.1 Å². The van der Waals surface area contributed by atoms with E-state index in [9.17, 15) is 24.3 Å². The van der Waals surface area contributed by atoms with Gasteiger partial charge in [-0.2, -0.15) is 0 Å². The van der Waals surface area contributed by atoms with Crippen LogP contribution < -0.4 is 16.0 Å². The third kappa shape index (κ3) is 6.78. The van der Waals surface area contributed by atoms with E-state index in [2.05, 4.69) is 21.1 Å². The minimum Gasteiger partial charge on any atom is -0.480 e. The van der Waals surface area contributed by atoms with Gasteiger partial charge < -0.3 is 30.5 Å². The lowest BCUT2D eigenvalue weighted by Gasteiger charge is -2.33. The first-order chi connectivity index (χ1) is 15.4. The fourth-order valence-corrected chi connectivity index (χ4v) is 4.18. The molecule has 2 aliphatic rings. The third-order valence-electron chi connectivity index (χ3n) is 6.12. The molecule has 2 saturated heterocycles. The lowest BCUT2D eigenvalue weighted by atomic mass is 9.92. The Balaban J connectivity index is 1.44. The van der Waals surface area contributed by atoms with Gasteiger partial charge in [0.05, 0.1) is 12.1 Å². The zero-order chi connectivity index (χ0) is 22.9. The maximum atomic E-state index is 12.6. The summed E-state index contributed by atoms with van der Waals surface area (Å²) in [5.74, 6) is -2.20. The molecule has 0 unspecified atom stereocenters. The van der Waals surface area contributed by atoms with Gasteiger partial charge in [-0.3, -0.25) is 14.4 Å². The minimum absolute atomic E-state index is 0.0729. The van der Waals surface area contributed by atoms with Gasteiger partial charge in [0.15, 0.2) is 0 Å². The number of amides is 3. The van der Waals surface area contributed by atoms with E-state index in [4.69, 9.17) is 4.52 Å². The zero-order valence-corrected chi connectivity index (χ0v) is 18.0. The summed E-state index contributed by atoms with van der Waals surface area (Å²) in [5, 5.41) is 21.0. The summed E-state index contributed by atoms with van der Waals surface area (Å²) in [6.45, 7) is 2.70. The van der Waals surface area contributed by atoms with E-state index in [0.29, 0.717) is 31.8 Å². The molecule has 0 spiro atoms. The molecule has 3 heterocycles. The predicted octanol–water partition coefficient (Wildman–Crippen LogP) is -0.00780. The second-order valence-electron chi connectivity index (χ2n) is 8.40. The molecule has 3 amide bonds. The number of hydrogen-bond donors (Lipinski definition) is 4. The van der Waals surface area contributed by atoms with Crippen molar-refractivity contribution < 1.29 is 28.8 Å². The van der Waals surface area contributed by atoms with Gasteiger partial charge in [0.2, 0.25) is 17.6 Å². The molecule has 2 atom stereocenters. The van der Waals surface area contributed by atoms with E-state index < -0.39 is 23.8 Å². The van der Waals surface area contributed by atoms with Gasteiger partial charge in [-0.1, -0.05) is 5.16 Å². The van der Waals surface area contributed by atoms with Gasteiger partial charge in [0.1, 0.15) is 6.04 Å². The van der Waals surface area contributed by atoms with Crippen molar-refractivity contribution in [1.29, 1.82) is 0 Å². The Morgan fingerprint density at radius 2 is 2.03 bits per heavy atom. The van der Waals surface area contributed by atoms with Crippen LogP contribution in [0.2, 0.25) is 0 Å². The molecule has 176 valence electrons. The Bertz CT molecular complexity index is 793. The van der Waals surface area contributed by atoms with Gasteiger partial charge in [0.25, 0.3) is 5.91 Å². The summed E-state index contributed by atoms with van der Waals surface area (Å²) in [4.78, 5) is 50.5. The molecule has 11 heteroatoms. The van der Waals surface area contributed by atoms with Crippen molar-refractivity contribution in [3.05, 3.63) is 18.0 Å². The molecule has 4 N–H and O–H groups in total. The van der Waals surface area contributed by atoms with Crippen molar-refractivity contribution >= 4 is 23.7 Å². The summed E-state index contributed by atoms with van der Waals surface area (Å²) < 4.78 is 4.71. The number of piperidine rings is 2. The van der Waals surface area contributed by atoms with Crippen LogP contribution in [-0.2, 0) is 14.4 Å². The molecule has 0 aliphatic carbocycles. The number of nitrogens with zero attached hydrogens (tertiary/aromatic N) is 2. The maximum Gasteiger partial charge on any atom is 0.328 e. The van der Waals surface area contributed by atoms with E-state index in [0.717, 1.165) is 38.8 Å². The van der Waals surface area contributed by atoms with Crippen LogP contribution in [-0.4, -0.2) is 77.6 Å². The lowest BCUT2D eigenvalue weighted by molar-refractivity contribution is -0.139. The maximum absolute atomic E-state index is 12.6. The van der Waals surface area contributed by atoms with E-state index in [1.807, 2.05) is 0 Å². The summed E-state index contributed by atoms with van der Waals surface area (Å²) in [6, 6.07) is -0.00568. The topological polar surface area (TPSA) is 154 Å². The van der Waals surface area contributed by atoms with Crippen LogP contribution in [0.3, 0.4) is 0 Å². The molecule has 32 heavy (non-hydrogen) atoms. The first-order valence-electron chi connectivity index (χ1n) is 11.1. The number of aromatic nitrogens is 1. The monoisotopic (exact) mass is 449 g/mol. The van der Waals surface area contributed by atoms with Crippen LogP contribution >= 0.6 is 0 Å². The molecule has 2 aliphatic heterocycles. The SMILES string of the molecule is O=C(N[C@@H](CNC(=O)[C@@H]1CCCN(C(=O)CCC2CCNCC2)C1)C(=O)O)c1ccno1. The molecule has 1 aromatic heterocycles. The molecular formula is C21H31N5O6. The number of carbonyl (C=O) groups is 4. The normalized spacial score (nSPS) is 20.4. The molecule has 0 aromatic carbocycles. The van der Waals surface area contributed by atoms with E-state index >= 15 is 0 Å². The van der Waals surface area contributed by atoms with Crippen LogP contribution in [0.25, 0.3) is 0 Å². The quantitative estimate of drug-likeness (QED) is 0.411. The highest BCUT2D eigenvalue weighted by molar-refractivity contribution is 5.94. The van der Waals surface area contributed by atoms with Gasteiger partial charge in [-0.05, 0) is 51.1 Å². The third-order valence-corrected chi connectivity index (χ3v) is 6.12. The predicted molar refractivity (Wildman–Crippen MR) is 113 cm³/mol. The van der Waals surface area contributed by atoms with Crippen LogP contribution in [0.1, 0.15) is 49.1 Å². The largest absolute Gasteiger partial charge is 0.480 e. The summed E-state index contributed by atoms with van der Waals surface area (Å²) in [6.07, 6.45) is 6.18. The number of hydrogen-bond acceptors (Lipinski definition) is 7. The Morgan fingerprint density at radius 1 is 1.25 bits per heavy atom. The minimum atomic E-state index is -1.32. The molecule has 0 radical (unpaired) electrons. The number of aliphatic carboxylic acids is 1. The molecular weight excluding hydrogens is 418 g/mol. The van der Waals surface area contributed by atoms with Crippen molar-refractivity contribution in [2.24, 2.45) is 11.8 Å². The lowest BCUT2D eigenvalue weighted by Crippen LogP contribution is -2.51. The smallest absolute Gasteiger partial charge is 0.328 e. The van der Waals surface area contributed by atoms with Gasteiger partial charge in [-0.25, -0.2) is 4.79 Å². The molecule has 3 rings (SSSR count). The Hall–Kier alpha value is -2.95. The number of nitrogens with one attached hydrogen (secondary N) is 3. The number of rotatable bonds is 9. The van der Waals surface area contributed by atoms with Crippen molar-refractivity contribution in [2.45, 2.75) is 44.6 Å². The Kier molecular flexibility index (Phi) is 8.60. The fourth-order valence-electron chi connectivity index (χ4n) is 4.18. The van der Waals surface area contributed by atoms with Crippen LogP contribution in [0, 0.1) is 11.8 Å². The van der Waals surface area contributed by atoms with Crippen molar-refractivity contribution in [1.82, 2.24) is 26.0 Å². The number of carboxylic acids is 1.